The van der Waals surface area contributed by atoms with Crippen LogP contribution >= 0.6 is 0 Å². The Balaban J connectivity index is 0.000000871. The number of rotatable bonds is 4. The normalized spacial score (nSPS) is 24.0. The molecule has 3 aliphatic rings. The Morgan fingerprint density at radius 2 is 1.16 bits per heavy atom. The molecule has 1 saturated carbocycles. The third kappa shape index (κ3) is 9.96. The predicted molar refractivity (Wildman–Crippen MR) is 114 cm³/mol. The molecule has 1 aliphatic carbocycles. The Hall–Kier alpha value is -0.120. The van der Waals surface area contributed by atoms with Gasteiger partial charge in [0.05, 0.1) is 0 Å². The van der Waals surface area contributed by atoms with Crippen LogP contribution in [0.3, 0.4) is 0 Å². The average molecular weight is 356 g/mol. The van der Waals surface area contributed by atoms with E-state index in [9.17, 15) is 0 Å². The van der Waals surface area contributed by atoms with E-state index in [1.165, 1.54) is 78.0 Å². The summed E-state index contributed by atoms with van der Waals surface area (Å²) in [5, 5.41) is 0. The highest BCUT2D eigenvalue weighted by molar-refractivity contribution is 4.92. The van der Waals surface area contributed by atoms with Crippen molar-refractivity contribution >= 4 is 0 Å². The summed E-state index contributed by atoms with van der Waals surface area (Å²) in [5.74, 6) is 0.962. The highest BCUT2D eigenvalue weighted by atomic mass is 15.3. The van der Waals surface area contributed by atoms with Crippen LogP contribution in [0.4, 0.5) is 0 Å². The topological polar surface area (TPSA) is 9.72 Å². The monoisotopic (exact) mass is 355 g/mol. The summed E-state index contributed by atoms with van der Waals surface area (Å²) in [6, 6.07) is 0. The molecule has 3 rings (SSSR count). The summed E-state index contributed by atoms with van der Waals surface area (Å²) in [4.78, 5) is 7.91. The predicted octanol–water partition coefficient (Wildman–Crippen LogP) is 4.82. The highest BCUT2D eigenvalue weighted by Gasteiger charge is 2.39. The van der Waals surface area contributed by atoms with Crippen LogP contribution in [0.5, 0.6) is 0 Å². The van der Waals surface area contributed by atoms with Gasteiger partial charge in [-0.2, -0.15) is 0 Å². The van der Waals surface area contributed by atoms with Crippen molar-refractivity contribution in [2.75, 3.05) is 59.4 Å². The third-order valence-electron chi connectivity index (χ3n) is 5.53. The van der Waals surface area contributed by atoms with Crippen LogP contribution in [0, 0.1) is 11.3 Å². The quantitative estimate of drug-likeness (QED) is 0.715. The zero-order valence-corrected chi connectivity index (χ0v) is 18.9. The fourth-order valence-corrected chi connectivity index (χ4v) is 3.65. The zero-order valence-electron chi connectivity index (χ0n) is 18.9. The molecule has 0 spiro atoms. The van der Waals surface area contributed by atoms with E-state index < -0.39 is 0 Å². The van der Waals surface area contributed by atoms with E-state index >= 15 is 0 Å². The number of piperazine rings is 1. The second-order valence-corrected chi connectivity index (χ2v) is 7.63. The lowest BCUT2D eigenvalue weighted by Crippen LogP contribution is -2.49. The fraction of sp³-hybridized carbons (Fsp3) is 1.00. The molecule has 0 bridgehead atoms. The van der Waals surface area contributed by atoms with Crippen LogP contribution in [-0.2, 0) is 0 Å². The number of likely N-dealkylation sites (tertiary alicyclic amines) is 1. The van der Waals surface area contributed by atoms with Crippen molar-refractivity contribution in [3.05, 3.63) is 0 Å². The van der Waals surface area contributed by atoms with Gasteiger partial charge in [0, 0.05) is 39.3 Å². The lowest BCUT2D eigenvalue weighted by molar-refractivity contribution is 0.0900. The number of piperidine rings is 1. The molecule has 0 radical (unpaired) electrons. The molecule has 0 N–H and O–H groups in total. The van der Waals surface area contributed by atoms with Gasteiger partial charge in [0.25, 0.3) is 0 Å². The Kier molecular flexibility index (Phi) is 13.9. The third-order valence-corrected chi connectivity index (χ3v) is 5.53. The van der Waals surface area contributed by atoms with Crippen molar-refractivity contribution < 1.29 is 0 Å². The number of hydrogen-bond donors (Lipinski definition) is 0. The van der Waals surface area contributed by atoms with Crippen LogP contribution < -0.4 is 0 Å². The van der Waals surface area contributed by atoms with Crippen molar-refractivity contribution in [3.8, 4) is 0 Å². The molecule has 2 aliphatic heterocycles. The molecule has 0 aromatic carbocycles. The number of hydrogen-bond acceptors (Lipinski definition) is 3. The van der Waals surface area contributed by atoms with Gasteiger partial charge in [-0.3, -0.25) is 0 Å². The minimum atomic E-state index is 0.691. The first-order valence-corrected chi connectivity index (χ1v) is 11.3. The molecule has 0 aromatic heterocycles. The largest absolute Gasteiger partial charge is 0.306 e. The van der Waals surface area contributed by atoms with Crippen LogP contribution in [0.25, 0.3) is 0 Å². The minimum Gasteiger partial charge on any atom is -0.306 e. The molecule has 3 fully saturated rings. The molecule has 0 aromatic rings. The molecular weight excluding hydrogens is 306 g/mol. The molecule has 152 valence electrons. The van der Waals surface area contributed by atoms with E-state index in [4.69, 9.17) is 0 Å². The maximum Gasteiger partial charge on any atom is 0.0110 e. The van der Waals surface area contributed by atoms with E-state index in [-0.39, 0.29) is 0 Å². The molecule has 3 heteroatoms. The van der Waals surface area contributed by atoms with E-state index in [1.54, 1.807) is 0 Å². The lowest BCUT2D eigenvalue weighted by atomic mass is 9.96. The number of nitrogens with zero attached hydrogens (tertiary/aromatic N) is 3. The minimum absolute atomic E-state index is 0.691. The van der Waals surface area contributed by atoms with Gasteiger partial charge < -0.3 is 14.7 Å². The van der Waals surface area contributed by atoms with Gasteiger partial charge in [-0.25, -0.2) is 0 Å². The van der Waals surface area contributed by atoms with Crippen LogP contribution in [0.15, 0.2) is 0 Å². The second-order valence-electron chi connectivity index (χ2n) is 7.63. The summed E-state index contributed by atoms with van der Waals surface area (Å²) in [7, 11) is 2.26. The van der Waals surface area contributed by atoms with Gasteiger partial charge >= 0.3 is 0 Å². The molecule has 0 amide bonds. The highest BCUT2D eigenvalue weighted by Crippen LogP contribution is 2.45. The van der Waals surface area contributed by atoms with Gasteiger partial charge in [0.15, 0.2) is 0 Å². The Morgan fingerprint density at radius 1 is 0.720 bits per heavy atom. The maximum absolute atomic E-state index is 2.72. The SMILES string of the molecule is CC.CC.CC.CN1CCC(CN2CCN(CC3(C)CC3)CC2)CC1. The Labute approximate surface area is 160 Å². The lowest BCUT2D eigenvalue weighted by Gasteiger charge is -2.39. The molecule has 0 atom stereocenters. The smallest absolute Gasteiger partial charge is 0.0110 e. The van der Waals surface area contributed by atoms with Gasteiger partial charge in [0.1, 0.15) is 0 Å². The fourth-order valence-electron chi connectivity index (χ4n) is 3.65. The standard InChI is InChI=1S/C16H31N3.3C2H6/c1-16(5-6-16)14-19-11-9-18(10-12-19)13-15-3-7-17(2)8-4-15;3*1-2/h15H,3-14H2,1-2H3;3*1-2H3. The van der Waals surface area contributed by atoms with Gasteiger partial charge in [-0.05, 0) is 57.2 Å². The summed E-state index contributed by atoms with van der Waals surface area (Å²) in [6.45, 7) is 25.0. The van der Waals surface area contributed by atoms with E-state index in [1.807, 2.05) is 41.5 Å². The first-order chi connectivity index (χ1) is 12.1. The summed E-state index contributed by atoms with van der Waals surface area (Å²) >= 11 is 0. The van der Waals surface area contributed by atoms with Crippen molar-refractivity contribution in [1.82, 2.24) is 14.7 Å². The van der Waals surface area contributed by atoms with Crippen molar-refractivity contribution in [2.45, 2.75) is 74.1 Å². The van der Waals surface area contributed by atoms with Gasteiger partial charge in [-0.1, -0.05) is 48.5 Å². The van der Waals surface area contributed by atoms with Gasteiger partial charge in [-0.15, -0.1) is 0 Å². The molecule has 2 saturated heterocycles. The first kappa shape index (κ1) is 24.9. The molecule has 0 unspecified atom stereocenters. The summed E-state index contributed by atoms with van der Waals surface area (Å²) < 4.78 is 0. The molecule has 25 heavy (non-hydrogen) atoms. The van der Waals surface area contributed by atoms with Gasteiger partial charge in [0.2, 0.25) is 0 Å². The van der Waals surface area contributed by atoms with E-state index in [0.717, 1.165) is 5.92 Å². The van der Waals surface area contributed by atoms with Crippen LogP contribution in [0.2, 0.25) is 0 Å². The Morgan fingerprint density at radius 3 is 1.60 bits per heavy atom. The van der Waals surface area contributed by atoms with Crippen molar-refractivity contribution in [2.24, 2.45) is 11.3 Å². The second kappa shape index (κ2) is 14.0. The summed E-state index contributed by atoms with van der Waals surface area (Å²) in [5.41, 5.74) is 0.691. The van der Waals surface area contributed by atoms with Crippen molar-refractivity contribution in [3.63, 3.8) is 0 Å². The molecule has 3 nitrogen and oxygen atoms in total. The van der Waals surface area contributed by atoms with Crippen LogP contribution in [0.1, 0.15) is 74.1 Å². The average Bonchev–Trinajstić information content (AvgIpc) is 3.40. The maximum atomic E-state index is 2.72. The molecular formula is C22H49N3. The summed E-state index contributed by atoms with van der Waals surface area (Å²) in [6.07, 6.45) is 5.75. The zero-order chi connectivity index (χ0) is 19.3. The van der Waals surface area contributed by atoms with Crippen LogP contribution in [-0.4, -0.2) is 74.1 Å². The van der Waals surface area contributed by atoms with Crippen molar-refractivity contribution in [1.29, 1.82) is 0 Å². The molecule has 2 heterocycles. The first-order valence-electron chi connectivity index (χ1n) is 11.3. The van der Waals surface area contributed by atoms with E-state index in [0.29, 0.717) is 5.41 Å². The van der Waals surface area contributed by atoms with E-state index in [2.05, 4.69) is 28.7 Å². The Bertz CT molecular complexity index is 286.